The van der Waals surface area contributed by atoms with E-state index in [-0.39, 0.29) is 48.8 Å². The van der Waals surface area contributed by atoms with Crippen LogP contribution in [0.1, 0.15) is 65.2 Å². The molecule has 2 saturated carbocycles. The lowest BCUT2D eigenvalue weighted by Gasteiger charge is -2.29. The number of carbonyl (C=O) groups excluding carboxylic acids is 3. The number of Topliss-reactive ketones (excluding diaryl/α,β-unsaturated/α-hetero) is 1. The lowest BCUT2D eigenvalue weighted by Crippen LogP contribution is -2.51. The SMILES string of the molecule is COc1cnc(O[C@@H]2C[C@H]3C(=O)C[C@]4(C(=O)NS(=O)(=O)C5CC5)C[C@H]4/C=C\C(C)CCC[C@@H](C)[C@H](N)C(=O)N3C2)c2ccccc12. The maximum absolute atomic E-state index is 14.2. The van der Waals surface area contributed by atoms with Gasteiger partial charge in [-0.05, 0) is 55.9 Å². The van der Waals surface area contributed by atoms with Gasteiger partial charge in [0.25, 0.3) is 0 Å². The normalized spacial score (nSPS) is 32.9. The molecule has 3 fully saturated rings. The quantitative estimate of drug-likeness (QED) is 0.446. The third-order valence-corrected chi connectivity index (χ3v) is 12.1. The lowest BCUT2D eigenvalue weighted by molar-refractivity contribution is -0.140. The fourth-order valence-corrected chi connectivity index (χ4v) is 8.42. The van der Waals surface area contributed by atoms with Crippen LogP contribution in [0.4, 0.5) is 0 Å². The van der Waals surface area contributed by atoms with Crippen molar-refractivity contribution in [2.45, 2.75) is 88.7 Å². The molecule has 12 heteroatoms. The van der Waals surface area contributed by atoms with Crippen LogP contribution < -0.4 is 19.9 Å². The Hall–Kier alpha value is -3.51. The average molecular weight is 653 g/mol. The number of sulfonamides is 1. The number of allylic oxidation sites excluding steroid dienone is 2. The Morgan fingerprint density at radius 1 is 1.09 bits per heavy atom. The van der Waals surface area contributed by atoms with Crippen molar-refractivity contribution in [1.29, 1.82) is 0 Å². The number of methoxy groups -OCH3 is 1. The summed E-state index contributed by atoms with van der Waals surface area (Å²) in [6.07, 6.45) is 9.00. The molecule has 6 rings (SSSR count). The molecule has 2 aliphatic carbocycles. The molecule has 1 unspecified atom stereocenters. The Kier molecular flexibility index (Phi) is 8.88. The first-order valence-electron chi connectivity index (χ1n) is 16.3. The highest BCUT2D eigenvalue weighted by atomic mass is 32.2. The van der Waals surface area contributed by atoms with Gasteiger partial charge in [0.2, 0.25) is 27.7 Å². The van der Waals surface area contributed by atoms with Crippen LogP contribution in [0.5, 0.6) is 11.6 Å². The molecule has 3 N–H and O–H groups in total. The number of fused-ring (bicyclic) bond motifs is 3. The third-order valence-electron chi connectivity index (χ3n) is 10.3. The van der Waals surface area contributed by atoms with Gasteiger partial charge in [-0.2, -0.15) is 0 Å². The monoisotopic (exact) mass is 652 g/mol. The van der Waals surface area contributed by atoms with Crippen LogP contribution in [0.2, 0.25) is 0 Å². The number of hydrogen-bond donors (Lipinski definition) is 2. The minimum Gasteiger partial charge on any atom is -0.494 e. The van der Waals surface area contributed by atoms with E-state index in [0.717, 1.165) is 30.0 Å². The van der Waals surface area contributed by atoms with E-state index in [9.17, 15) is 22.8 Å². The van der Waals surface area contributed by atoms with Crippen LogP contribution in [0.15, 0.2) is 42.6 Å². The van der Waals surface area contributed by atoms with Crippen LogP contribution in [-0.2, 0) is 24.4 Å². The van der Waals surface area contributed by atoms with Crippen molar-refractivity contribution in [3.8, 4) is 11.6 Å². The van der Waals surface area contributed by atoms with Gasteiger partial charge in [-0.15, -0.1) is 0 Å². The van der Waals surface area contributed by atoms with Crippen molar-refractivity contribution in [2.24, 2.45) is 28.9 Å². The van der Waals surface area contributed by atoms with Crippen molar-refractivity contribution in [2.75, 3.05) is 13.7 Å². The molecular formula is C34H44N4O7S. The topological polar surface area (TPSA) is 158 Å². The Bertz CT molecular complexity index is 1660. The minimum absolute atomic E-state index is 0.102. The van der Waals surface area contributed by atoms with Gasteiger partial charge in [-0.1, -0.05) is 50.6 Å². The van der Waals surface area contributed by atoms with E-state index >= 15 is 0 Å². The summed E-state index contributed by atoms with van der Waals surface area (Å²) in [6.45, 7) is 4.19. The second-order valence-electron chi connectivity index (χ2n) is 13.7. The summed E-state index contributed by atoms with van der Waals surface area (Å²) >= 11 is 0. The highest BCUT2D eigenvalue weighted by Crippen LogP contribution is 2.57. The van der Waals surface area contributed by atoms with Crippen LogP contribution in [0.3, 0.4) is 0 Å². The van der Waals surface area contributed by atoms with Gasteiger partial charge in [0.05, 0.1) is 42.6 Å². The number of amides is 2. The van der Waals surface area contributed by atoms with E-state index in [1.807, 2.05) is 37.3 Å². The summed E-state index contributed by atoms with van der Waals surface area (Å²) in [5, 5.41) is 0.997. The van der Waals surface area contributed by atoms with Crippen LogP contribution in [0.25, 0.3) is 10.8 Å². The summed E-state index contributed by atoms with van der Waals surface area (Å²) in [5.74, 6) is -0.451. The van der Waals surface area contributed by atoms with E-state index in [2.05, 4.69) is 22.7 Å². The molecule has 3 heterocycles. The summed E-state index contributed by atoms with van der Waals surface area (Å²) < 4.78 is 39.7. The zero-order valence-corrected chi connectivity index (χ0v) is 27.5. The van der Waals surface area contributed by atoms with Crippen molar-refractivity contribution in [1.82, 2.24) is 14.6 Å². The maximum Gasteiger partial charge on any atom is 0.240 e. The Morgan fingerprint density at radius 2 is 1.83 bits per heavy atom. The number of nitrogens with two attached hydrogens (primary N) is 1. The van der Waals surface area contributed by atoms with E-state index in [1.54, 1.807) is 13.3 Å². The van der Waals surface area contributed by atoms with Gasteiger partial charge in [-0.3, -0.25) is 19.1 Å². The van der Waals surface area contributed by atoms with Crippen molar-refractivity contribution < 1.29 is 32.3 Å². The molecule has 2 aliphatic heterocycles. The van der Waals surface area contributed by atoms with Gasteiger partial charge in [0.1, 0.15) is 11.9 Å². The van der Waals surface area contributed by atoms with Crippen LogP contribution >= 0.6 is 0 Å². The predicted molar refractivity (Wildman–Crippen MR) is 172 cm³/mol. The number of aromatic nitrogens is 1. The number of nitrogens with one attached hydrogen (secondary N) is 1. The summed E-state index contributed by atoms with van der Waals surface area (Å²) in [5.41, 5.74) is 5.35. The molecule has 0 radical (unpaired) electrons. The molecule has 46 heavy (non-hydrogen) atoms. The number of benzene rings is 1. The third kappa shape index (κ3) is 6.38. The van der Waals surface area contributed by atoms with Crippen LogP contribution in [-0.4, -0.2) is 73.0 Å². The van der Waals surface area contributed by atoms with Crippen molar-refractivity contribution in [3.63, 3.8) is 0 Å². The Balaban J connectivity index is 1.30. The highest BCUT2D eigenvalue weighted by Gasteiger charge is 2.61. The molecule has 0 spiro atoms. The first kappa shape index (κ1) is 32.4. The molecule has 1 saturated heterocycles. The number of rotatable bonds is 6. The molecule has 248 valence electrons. The van der Waals surface area contributed by atoms with E-state index in [0.29, 0.717) is 30.9 Å². The Labute approximate surface area is 270 Å². The number of pyridine rings is 1. The molecule has 7 atom stereocenters. The number of hydrogen-bond acceptors (Lipinski definition) is 9. The number of ether oxygens (including phenoxy) is 2. The number of ketones is 1. The number of carbonyl (C=O) groups is 3. The predicted octanol–water partition coefficient (Wildman–Crippen LogP) is 3.51. The molecule has 1 aromatic heterocycles. The average Bonchev–Trinajstić information content (AvgIpc) is 3.96. The van der Waals surface area contributed by atoms with E-state index < -0.39 is 44.8 Å². The summed E-state index contributed by atoms with van der Waals surface area (Å²) in [4.78, 5) is 47.8. The van der Waals surface area contributed by atoms with Gasteiger partial charge >= 0.3 is 0 Å². The zero-order chi connectivity index (χ0) is 32.8. The smallest absolute Gasteiger partial charge is 0.240 e. The second kappa shape index (κ2) is 12.6. The van der Waals surface area contributed by atoms with Crippen LogP contribution in [0, 0.1) is 23.2 Å². The standard InChI is InChI=1S/C34H44N4O7S/c1-20-7-6-8-21(2)30(35)32(40)38-19-23(45-31-26-10-5-4-9-25(26)29(44-3)18-36-31)15-27(38)28(39)17-34(16-22(34)12-11-20)33(41)37-46(42,43)24-13-14-24/h4-5,9-12,18,20-24,27,30H,6-8,13-17,19,35H2,1-3H3,(H,37,41)/b12-11-/t20?,21-,22-,23-,27+,30+,34-/m1/s1. The van der Waals surface area contributed by atoms with Gasteiger partial charge < -0.3 is 20.1 Å². The molecule has 2 aromatic rings. The lowest BCUT2D eigenvalue weighted by atomic mass is 9.91. The molecule has 2 amide bonds. The highest BCUT2D eigenvalue weighted by molar-refractivity contribution is 7.90. The van der Waals surface area contributed by atoms with Crippen molar-refractivity contribution in [3.05, 3.63) is 42.6 Å². The first-order chi connectivity index (χ1) is 21.9. The van der Waals surface area contributed by atoms with Gasteiger partial charge in [0.15, 0.2) is 5.78 Å². The van der Waals surface area contributed by atoms with Gasteiger partial charge in [0, 0.05) is 23.6 Å². The fraction of sp³-hybridized carbons (Fsp3) is 0.588. The Morgan fingerprint density at radius 3 is 2.54 bits per heavy atom. The van der Waals surface area contributed by atoms with Gasteiger partial charge in [-0.25, -0.2) is 13.4 Å². The van der Waals surface area contributed by atoms with Crippen molar-refractivity contribution >= 4 is 38.4 Å². The maximum atomic E-state index is 14.2. The number of nitrogens with zero attached hydrogens (tertiary/aromatic N) is 2. The second-order valence-corrected chi connectivity index (χ2v) is 15.7. The molecule has 1 aromatic carbocycles. The van der Waals surface area contributed by atoms with E-state index in [1.165, 1.54) is 4.90 Å². The fourth-order valence-electron chi connectivity index (χ4n) is 7.03. The summed E-state index contributed by atoms with van der Waals surface area (Å²) in [7, 11) is -2.23. The summed E-state index contributed by atoms with van der Waals surface area (Å²) in [6, 6.07) is 5.87. The largest absolute Gasteiger partial charge is 0.494 e. The molecule has 11 nitrogen and oxygen atoms in total. The zero-order valence-electron chi connectivity index (χ0n) is 26.7. The first-order valence-corrected chi connectivity index (χ1v) is 17.9. The van der Waals surface area contributed by atoms with E-state index in [4.69, 9.17) is 15.2 Å². The molecular weight excluding hydrogens is 608 g/mol. The molecule has 4 aliphatic rings. The minimum atomic E-state index is -3.80. The molecule has 0 bridgehead atoms.